The molecule has 0 aromatic carbocycles. The number of phosphoric acid groups is 1. The first kappa shape index (κ1) is 63.5. The Hall–Kier alpha value is -1.51. The number of esters is 2. The molecule has 0 aliphatic carbocycles. The number of hydrogen-bond acceptors (Lipinski definition) is 8. The Labute approximate surface area is 402 Å². The molecule has 0 saturated carbocycles. The Kier molecular flexibility index (Phi) is 50.7. The molecular weight excluding hydrogens is 834 g/mol. The van der Waals surface area contributed by atoms with E-state index < -0.39 is 26.5 Å². The number of allylic oxidation sites excluding steroid dienone is 4. The van der Waals surface area contributed by atoms with Gasteiger partial charge in [0.1, 0.15) is 6.61 Å². The molecular formula is C55H106NO8P. The van der Waals surface area contributed by atoms with Gasteiger partial charge in [-0.2, -0.15) is 0 Å². The lowest BCUT2D eigenvalue weighted by Gasteiger charge is -2.19. The maximum Gasteiger partial charge on any atom is 0.472 e. The van der Waals surface area contributed by atoms with Gasteiger partial charge in [-0.25, -0.2) is 4.57 Å². The molecule has 0 aromatic heterocycles. The fourth-order valence-corrected chi connectivity index (χ4v) is 8.95. The minimum Gasteiger partial charge on any atom is -0.462 e. The van der Waals surface area contributed by atoms with Gasteiger partial charge in [0.15, 0.2) is 6.10 Å². The fourth-order valence-electron chi connectivity index (χ4n) is 8.19. The van der Waals surface area contributed by atoms with Crippen molar-refractivity contribution in [2.45, 2.75) is 290 Å². The molecule has 0 saturated heterocycles. The van der Waals surface area contributed by atoms with Crippen LogP contribution in [-0.2, 0) is 32.7 Å². The van der Waals surface area contributed by atoms with Gasteiger partial charge in [0, 0.05) is 19.4 Å². The Morgan fingerprint density at radius 1 is 0.446 bits per heavy atom. The number of nitrogens with two attached hydrogens (primary N) is 1. The minimum absolute atomic E-state index is 0.0498. The Bertz CT molecular complexity index is 1120. The highest BCUT2D eigenvalue weighted by atomic mass is 31.2. The average Bonchev–Trinajstić information content (AvgIpc) is 3.30. The van der Waals surface area contributed by atoms with Gasteiger partial charge < -0.3 is 20.1 Å². The lowest BCUT2D eigenvalue weighted by atomic mass is 10.0. The third-order valence-electron chi connectivity index (χ3n) is 12.3. The molecule has 3 N–H and O–H groups in total. The Balaban J connectivity index is 4.02. The largest absolute Gasteiger partial charge is 0.472 e. The van der Waals surface area contributed by atoms with E-state index in [-0.39, 0.29) is 38.6 Å². The van der Waals surface area contributed by atoms with Crippen molar-refractivity contribution >= 4 is 19.8 Å². The molecule has 384 valence electrons. The summed E-state index contributed by atoms with van der Waals surface area (Å²) in [5.41, 5.74) is 5.37. The monoisotopic (exact) mass is 940 g/mol. The third-order valence-corrected chi connectivity index (χ3v) is 13.3. The van der Waals surface area contributed by atoms with Crippen molar-refractivity contribution in [2.24, 2.45) is 5.73 Å². The molecule has 1 unspecified atom stereocenters. The predicted molar refractivity (Wildman–Crippen MR) is 275 cm³/mol. The zero-order chi connectivity index (χ0) is 47.4. The molecule has 2 atom stereocenters. The van der Waals surface area contributed by atoms with Crippen molar-refractivity contribution in [3.63, 3.8) is 0 Å². The second kappa shape index (κ2) is 51.9. The summed E-state index contributed by atoms with van der Waals surface area (Å²) in [4.78, 5) is 35.1. The standard InChI is InChI=1S/C55H106NO8P/c1-3-5-7-9-11-13-15-17-19-21-23-25-26-28-30-32-34-36-38-40-42-44-46-48-55(58)64-53(52-63-65(59,60)62-50-49-56)51-61-54(57)47-45-43-41-39-37-35-33-31-29-27-24-22-20-18-16-14-12-10-8-6-4-2/h32,34,40,42,53H,3-31,33,35-39,41,43-52,56H2,1-2H3,(H,59,60)/b34-32+,42-40+/t53-/m1/s1. The molecule has 0 rings (SSSR count). The van der Waals surface area contributed by atoms with Gasteiger partial charge in [0.05, 0.1) is 13.2 Å². The van der Waals surface area contributed by atoms with E-state index in [1.807, 2.05) is 0 Å². The average molecular weight is 940 g/mol. The van der Waals surface area contributed by atoms with Crippen molar-refractivity contribution in [3.05, 3.63) is 24.3 Å². The van der Waals surface area contributed by atoms with Crippen molar-refractivity contribution in [2.75, 3.05) is 26.4 Å². The molecule has 65 heavy (non-hydrogen) atoms. The summed E-state index contributed by atoms with van der Waals surface area (Å²) < 4.78 is 32.9. The van der Waals surface area contributed by atoms with Crippen LogP contribution in [0.1, 0.15) is 284 Å². The van der Waals surface area contributed by atoms with Crippen LogP contribution in [0, 0.1) is 0 Å². The number of carbonyl (C=O) groups is 2. The molecule has 0 bridgehead atoms. The number of unbranched alkanes of at least 4 members (excludes halogenated alkanes) is 36. The van der Waals surface area contributed by atoms with Gasteiger partial charge in [-0.15, -0.1) is 0 Å². The van der Waals surface area contributed by atoms with E-state index in [2.05, 4.69) is 38.2 Å². The summed E-state index contributed by atoms with van der Waals surface area (Å²) in [6, 6.07) is 0. The van der Waals surface area contributed by atoms with Crippen LogP contribution in [0.25, 0.3) is 0 Å². The van der Waals surface area contributed by atoms with Gasteiger partial charge in [-0.1, -0.05) is 250 Å². The second-order valence-corrected chi connectivity index (χ2v) is 20.3. The van der Waals surface area contributed by atoms with E-state index in [1.165, 1.54) is 205 Å². The predicted octanol–water partition coefficient (Wildman–Crippen LogP) is 17.1. The van der Waals surface area contributed by atoms with Crippen LogP contribution in [0.15, 0.2) is 24.3 Å². The minimum atomic E-state index is -4.39. The number of hydrogen-bond donors (Lipinski definition) is 2. The number of ether oxygens (including phenoxy) is 2. The van der Waals surface area contributed by atoms with Crippen molar-refractivity contribution < 1.29 is 37.6 Å². The zero-order valence-electron chi connectivity index (χ0n) is 42.7. The van der Waals surface area contributed by atoms with Crippen LogP contribution in [0.5, 0.6) is 0 Å². The van der Waals surface area contributed by atoms with E-state index >= 15 is 0 Å². The number of rotatable bonds is 53. The van der Waals surface area contributed by atoms with Crippen LogP contribution in [0.4, 0.5) is 0 Å². The van der Waals surface area contributed by atoms with E-state index in [0.717, 1.165) is 44.9 Å². The smallest absolute Gasteiger partial charge is 0.462 e. The van der Waals surface area contributed by atoms with E-state index in [0.29, 0.717) is 6.42 Å². The Morgan fingerprint density at radius 2 is 0.785 bits per heavy atom. The molecule has 0 spiro atoms. The van der Waals surface area contributed by atoms with Crippen molar-refractivity contribution in [1.29, 1.82) is 0 Å². The lowest BCUT2D eigenvalue weighted by molar-refractivity contribution is -0.161. The van der Waals surface area contributed by atoms with Gasteiger partial charge >= 0.3 is 19.8 Å². The van der Waals surface area contributed by atoms with Crippen molar-refractivity contribution in [3.8, 4) is 0 Å². The summed E-state index contributed by atoms with van der Waals surface area (Å²) in [6.07, 6.45) is 59.6. The number of carbonyl (C=O) groups excluding carboxylic acids is 2. The quantitative estimate of drug-likeness (QED) is 0.0264. The third kappa shape index (κ3) is 51.7. The SMILES string of the molecule is CCCCCCCCCCCCCCCC/C=C/CC/C=C/CCCC(=O)O[C@H](COC(=O)CCCCCCCCCCCCCCCCCCCCCCC)COP(=O)(O)OCCN. The first-order valence-electron chi connectivity index (χ1n) is 27.8. The summed E-state index contributed by atoms with van der Waals surface area (Å²) in [7, 11) is -4.39. The van der Waals surface area contributed by atoms with Gasteiger partial charge in [0.2, 0.25) is 0 Å². The van der Waals surface area contributed by atoms with Gasteiger partial charge in [-0.3, -0.25) is 18.6 Å². The summed E-state index contributed by atoms with van der Waals surface area (Å²) in [5.74, 6) is -0.861. The molecule has 0 amide bonds. The second-order valence-electron chi connectivity index (χ2n) is 18.8. The van der Waals surface area contributed by atoms with Crippen molar-refractivity contribution in [1.82, 2.24) is 0 Å². The van der Waals surface area contributed by atoms with Crippen LogP contribution in [0.2, 0.25) is 0 Å². The normalized spacial score (nSPS) is 13.2. The molecule has 0 aliphatic heterocycles. The summed E-state index contributed by atoms with van der Waals surface area (Å²) in [5, 5.41) is 0. The van der Waals surface area contributed by atoms with Crippen LogP contribution in [0.3, 0.4) is 0 Å². The number of phosphoric ester groups is 1. The molecule has 9 nitrogen and oxygen atoms in total. The highest BCUT2D eigenvalue weighted by molar-refractivity contribution is 7.47. The first-order valence-corrected chi connectivity index (χ1v) is 29.3. The molecule has 0 aliphatic rings. The maximum atomic E-state index is 12.7. The van der Waals surface area contributed by atoms with E-state index in [4.69, 9.17) is 24.3 Å². The van der Waals surface area contributed by atoms with Gasteiger partial charge in [0.25, 0.3) is 0 Å². The first-order chi connectivity index (χ1) is 31.8. The van der Waals surface area contributed by atoms with Crippen LogP contribution in [-0.4, -0.2) is 49.3 Å². The van der Waals surface area contributed by atoms with Crippen LogP contribution >= 0.6 is 7.82 Å². The molecule has 0 fully saturated rings. The highest BCUT2D eigenvalue weighted by Crippen LogP contribution is 2.43. The summed E-state index contributed by atoms with van der Waals surface area (Å²) >= 11 is 0. The Morgan fingerprint density at radius 3 is 1.18 bits per heavy atom. The maximum absolute atomic E-state index is 12.7. The van der Waals surface area contributed by atoms with Gasteiger partial charge in [-0.05, 0) is 44.9 Å². The van der Waals surface area contributed by atoms with E-state index in [9.17, 15) is 19.0 Å². The van der Waals surface area contributed by atoms with Crippen LogP contribution < -0.4 is 5.73 Å². The molecule has 0 heterocycles. The summed E-state index contributed by atoms with van der Waals surface area (Å²) in [6.45, 7) is 3.76. The molecule has 0 aromatic rings. The molecule has 0 radical (unpaired) electrons. The fraction of sp³-hybridized carbons (Fsp3) is 0.891. The zero-order valence-corrected chi connectivity index (χ0v) is 43.6. The topological polar surface area (TPSA) is 134 Å². The molecule has 10 heteroatoms. The van der Waals surface area contributed by atoms with E-state index in [1.54, 1.807) is 0 Å². The highest BCUT2D eigenvalue weighted by Gasteiger charge is 2.26. The lowest BCUT2D eigenvalue weighted by Crippen LogP contribution is -2.29.